The molecule has 0 bridgehead atoms. The van der Waals surface area contributed by atoms with Gasteiger partial charge in [-0.3, -0.25) is 4.57 Å². The van der Waals surface area contributed by atoms with Crippen molar-refractivity contribution in [2.24, 2.45) is 0 Å². The van der Waals surface area contributed by atoms with Gasteiger partial charge in [-0.15, -0.1) is 22.7 Å². The predicted octanol–water partition coefficient (Wildman–Crippen LogP) is 22.9. The largest absolute Gasteiger partial charge is 0.353 e. The molecule has 1 N–H and O–H groups in total. The number of rotatable bonds is 5. The Morgan fingerprint density at radius 1 is 0.269 bits per heavy atom. The van der Waals surface area contributed by atoms with Crippen molar-refractivity contribution in [2.75, 3.05) is 0 Å². The molecule has 20 rings (SSSR count). The number of aromatic amines is 1. The number of nitrogens with zero attached hydrogens (tertiary/aromatic N) is 7. The molecule has 0 radical (unpaired) electrons. The average Bonchev–Trinajstić information content (AvgIpc) is 1.54. The SMILES string of the molecule is Brc1nc(-c2ccccc2)nc(-c2ccccc2)n1.c1ccc(-c2nc(-c3ccccc3)nc(-n3c4c5ccccc5ccc4c4c5ccccc5c5c6ccccc6sc5c43)n2)cc1.c1ccc2c(c1)ccc1c2[nH]c2c3sc4ccccc4c3c3ccccc3c12. The van der Waals surface area contributed by atoms with Crippen molar-refractivity contribution < 1.29 is 0 Å². The number of hydrogen-bond donors (Lipinski definition) is 1. The van der Waals surface area contributed by atoms with Gasteiger partial charge in [-0.05, 0) is 60.4 Å². The number of H-pyrrole nitrogens is 1. The number of halogens is 1. The van der Waals surface area contributed by atoms with E-state index in [1.54, 1.807) is 0 Å². The summed E-state index contributed by atoms with van der Waals surface area (Å²) in [5.41, 5.74) is 8.59. The van der Waals surface area contributed by atoms with Gasteiger partial charge >= 0.3 is 0 Å². The molecule has 0 saturated carbocycles. The third-order valence-electron chi connectivity index (χ3n) is 17.7. The first-order valence-electron chi connectivity index (χ1n) is 30.8. The fraction of sp³-hybridized carbons (Fsp3) is 0. The molecule has 20 aromatic rings. The number of benzene rings is 14. The zero-order valence-corrected chi connectivity index (χ0v) is 52.8. The van der Waals surface area contributed by atoms with Crippen LogP contribution in [0.1, 0.15) is 0 Å². The molecule has 0 amide bonds. The van der Waals surface area contributed by atoms with E-state index in [4.69, 9.17) is 15.0 Å². The lowest BCUT2D eigenvalue weighted by Gasteiger charge is -2.12. The summed E-state index contributed by atoms with van der Waals surface area (Å²) in [5.74, 6) is 3.24. The number of fused-ring (bicyclic) bond motifs is 24. The molecule has 6 heterocycles. The minimum Gasteiger partial charge on any atom is -0.353 e. The topological polar surface area (TPSA) is 98.1 Å². The molecule has 0 atom stereocenters. The molecule has 0 aliphatic carbocycles. The predicted molar refractivity (Wildman–Crippen MR) is 395 cm³/mol. The smallest absolute Gasteiger partial charge is 0.238 e. The van der Waals surface area contributed by atoms with Crippen molar-refractivity contribution >= 4 is 166 Å². The van der Waals surface area contributed by atoms with Crippen LogP contribution in [0.25, 0.3) is 179 Å². The lowest BCUT2D eigenvalue weighted by Crippen LogP contribution is -2.06. The lowest BCUT2D eigenvalue weighted by molar-refractivity contribution is 0.957. The molecule has 436 valence electrons. The van der Waals surface area contributed by atoms with Crippen LogP contribution >= 0.6 is 38.6 Å². The van der Waals surface area contributed by atoms with E-state index in [2.05, 4.69) is 235 Å². The fourth-order valence-corrected chi connectivity index (χ4v) is 16.4. The van der Waals surface area contributed by atoms with E-state index >= 15 is 0 Å². The van der Waals surface area contributed by atoms with Gasteiger partial charge in [-0.2, -0.15) is 9.97 Å². The second kappa shape index (κ2) is 22.5. The van der Waals surface area contributed by atoms with Crippen molar-refractivity contribution in [2.45, 2.75) is 0 Å². The first kappa shape index (κ1) is 54.6. The van der Waals surface area contributed by atoms with Crippen LogP contribution in [-0.4, -0.2) is 39.5 Å². The maximum atomic E-state index is 5.26. The van der Waals surface area contributed by atoms with Gasteiger partial charge in [-0.25, -0.2) is 19.9 Å². The van der Waals surface area contributed by atoms with E-state index in [-0.39, 0.29) is 0 Å². The first-order valence-corrected chi connectivity index (χ1v) is 33.2. The van der Waals surface area contributed by atoms with Crippen molar-refractivity contribution in [3.05, 3.63) is 296 Å². The van der Waals surface area contributed by atoms with Crippen LogP contribution in [0.15, 0.2) is 296 Å². The molecular weight excluding hydrogens is 1240 g/mol. The van der Waals surface area contributed by atoms with Crippen LogP contribution in [-0.2, 0) is 0 Å². The maximum absolute atomic E-state index is 5.26. The van der Waals surface area contributed by atoms with Crippen molar-refractivity contribution in [1.29, 1.82) is 0 Å². The Labute approximate surface area is 548 Å². The molecule has 0 saturated heterocycles. The van der Waals surface area contributed by atoms with Crippen molar-refractivity contribution in [3.8, 4) is 51.5 Å². The normalized spacial score (nSPS) is 11.7. The Bertz CT molecular complexity index is 6210. The summed E-state index contributed by atoms with van der Waals surface area (Å²) in [6, 6.07) is 102. The van der Waals surface area contributed by atoms with Crippen LogP contribution in [0.2, 0.25) is 0 Å². The van der Waals surface area contributed by atoms with Crippen LogP contribution in [0.4, 0.5) is 0 Å². The van der Waals surface area contributed by atoms with Crippen LogP contribution in [0.5, 0.6) is 0 Å². The summed E-state index contributed by atoms with van der Waals surface area (Å²) < 4.78 is 8.06. The zero-order valence-electron chi connectivity index (χ0n) is 49.5. The summed E-state index contributed by atoms with van der Waals surface area (Å²) in [7, 11) is 0. The fourth-order valence-electron chi connectivity index (χ4n) is 13.6. The Hall–Kier alpha value is -11.3. The van der Waals surface area contributed by atoms with E-state index < -0.39 is 0 Å². The Morgan fingerprint density at radius 3 is 1.16 bits per heavy atom. The second-order valence-electron chi connectivity index (χ2n) is 23.0. The lowest BCUT2D eigenvalue weighted by atomic mass is 9.98. The molecule has 11 heteroatoms. The summed E-state index contributed by atoms with van der Waals surface area (Å²) in [4.78, 5) is 32.5. The van der Waals surface area contributed by atoms with Gasteiger partial charge in [-0.1, -0.05) is 279 Å². The van der Waals surface area contributed by atoms with Gasteiger partial charge in [0.15, 0.2) is 23.3 Å². The van der Waals surface area contributed by atoms with Gasteiger partial charge in [0.25, 0.3) is 0 Å². The van der Waals surface area contributed by atoms with Crippen molar-refractivity contribution in [3.63, 3.8) is 0 Å². The molecule has 0 aliphatic rings. The highest BCUT2D eigenvalue weighted by Gasteiger charge is 2.26. The highest BCUT2D eigenvalue weighted by molar-refractivity contribution is 9.10. The van der Waals surface area contributed by atoms with E-state index in [0.717, 1.165) is 38.7 Å². The van der Waals surface area contributed by atoms with Crippen LogP contribution in [0.3, 0.4) is 0 Å². The van der Waals surface area contributed by atoms with Gasteiger partial charge < -0.3 is 4.98 Å². The maximum Gasteiger partial charge on any atom is 0.238 e. The summed E-state index contributed by atoms with van der Waals surface area (Å²) in [5, 5.41) is 20.4. The number of hydrogen-bond acceptors (Lipinski definition) is 8. The Balaban J connectivity index is 0.000000114. The van der Waals surface area contributed by atoms with Gasteiger partial charge in [0.05, 0.1) is 31.5 Å². The molecule has 8 nitrogen and oxygen atoms in total. The Kier molecular flexibility index (Phi) is 13.2. The molecule has 0 unspecified atom stereocenters. The summed E-state index contributed by atoms with van der Waals surface area (Å²) in [6.07, 6.45) is 0. The van der Waals surface area contributed by atoms with Gasteiger partial charge in [0, 0.05) is 85.5 Å². The third-order valence-corrected chi connectivity index (χ3v) is 20.4. The third kappa shape index (κ3) is 9.22. The van der Waals surface area contributed by atoms with E-state index in [1.807, 2.05) is 120 Å². The molecular formula is C82H49BrN8S2. The van der Waals surface area contributed by atoms with Gasteiger partial charge in [0.2, 0.25) is 10.7 Å². The monoisotopic (exact) mass is 1290 g/mol. The second-order valence-corrected chi connectivity index (χ2v) is 25.8. The highest BCUT2D eigenvalue weighted by atomic mass is 79.9. The summed E-state index contributed by atoms with van der Waals surface area (Å²) in [6.45, 7) is 0. The summed E-state index contributed by atoms with van der Waals surface area (Å²) >= 11 is 7.09. The van der Waals surface area contributed by atoms with E-state index in [1.165, 1.54) is 111 Å². The molecule has 14 aromatic carbocycles. The highest BCUT2D eigenvalue weighted by Crippen LogP contribution is 2.50. The number of thiophene rings is 2. The van der Waals surface area contributed by atoms with Crippen LogP contribution < -0.4 is 0 Å². The zero-order chi connectivity index (χ0) is 61.5. The molecule has 0 spiro atoms. The van der Waals surface area contributed by atoms with Crippen molar-refractivity contribution in [1.82, 2.24) is 39.5 Å². The Morgan fingerprint density at radius 2 is 0.645 bits per heavy atom. The van der Waals surface area contributed by atoms with E-state index in [0.29, 0.717) is 34.0 Å². The van der Waals surface area contributed by atoms with Gasteiger partial charge in [0.1, 0.15) is 0 Å². The van der Waals surface area contributed by atoms with E-state index in [9.17, 15) is 0 Å². The minimum atomic E-state index is 0.542. The average molecular weight is 1290 g/mol. The number of nitrogens with one attached hydrogen (secondary N) is 1. The molecule has 0 fully saturated rings. The molecule has 0 aliphatic heterocycles. The molecule has 93 heavy (non-hydrogen) atoms. The standard InChI is InChI=1S/C41H24N4S.C26H15NS.C15H10BrN3/c1-3-14-26(15-4-1)39-42-40(27-16-5-2-6-17-27)44-41(43-39)45-36-28-18-8-7-13-25(28)23-24-32(36)34-29-19-9-10-20-30(29)35-31-21-11-12-22-33(31)46-38(35)37(34)45;1-2-8-16-15(7-1)13-14-20-22-17-9-3-4-10-18(17)23-19-11-5-6-12-21(19)28-26(23)25(22)27-24(16)20;16-15-18-13(11-7-3-1-4-8-11)17-14(19-15)12-9-5-2-6-10-12/h1-24H;1-14,27H;1-10H. The van der Waals surface area contributed by atoms with Crippen LogP contribution in [0, 0.1) is 0 Å². The molecule has 6 aromatic heterocycles. The first-order chi connectivity index (χ1) is 46.1. The minimum absolute atomic E-state index is 0.542. The quantitative estimate of drug-likeness (QED) is 0.184. The number of aromatic nitrogens is 8.